The lowest BCUT2D eigenvalue weighted by Crippen LogP contribution is -2.20. The van der Waals surface area contributed by atoms with Gasteiger partial charge in [0.05, 0.1) is 0 Å². The van der Waals surface area contributed by atoms with Crippen LogP contribution in [0.15, 0.2) is 0 Å². The minimum Gasteiger partial charge on any atom is -0.303 e. The third kappa shape index (κ3) is 2.31. The Morgan fingerprint density at radius 1 is 1.58 bits per heavy atom. The Labute approximate surface area is 74.9 Å². The topological polar surface area (TPSA) is 20.1 Å². The molecular weight excluding hydrogens is 150 g/mol. The first kappa shape index (κ1) is 9.72. The number of carbonyl (C=O) groups is 1. The van der Waals surface area contributed by atoms with Gasteiger partial charge in [0, 0.05) is 24.0 Å². The van der Waals surface area contributed by atoms with E-state index in [0.717, 1.165) is 12.7 Å². The molecule has 2 unspecified atom stereocenters. The van der Waals surface area contributed by atoms with Crippen LogP contribution in [-0.4, -0.2) is 29.8 Å². The highest BCUT2D eigenvalue weighted by atomic mass is 16.1. The molecule has 12 heavy (non-hydrogen) atoms. The van der Waals surface area contributed by atoms with E-state index in [9.17, 15) is 4.79 Å². The summed E-state index contributed by atoms with van der Waals surface area (Å²) in [5.41, 5.74) is -0.131. The summed E-state index contributed by atoms with van der Waals surface area (Å²) in [4.78, 5) is 13.1. The van der Waals surface area contributed by atoms with Gasteiger partial charge in [-0.15, -0.1) is 0 Å². The zero-order valence-electron chi connectivity index (χ0n) is 8.50. The maximum absolute atomic E-state index is 10.6. The Morgan fingerprint density at radius 3 is 2.50 bits per heavy atom. The average molecular weight is 169 g/mol. The number of hydrogen-bond acceptors (Lipinski definition) is 2. The molecular formula is C10H19NO. The molecule has 0 aromatic carbocycles. The molecule has 0 bridgehead atoms. The molecule has 2 heteroatoms. The van der Waals surface area contributed by atoms with E-state index in [-0.39, 0.29) is 5.41 Å². The second kappa shape index (κ2) is 3.17. The molecule has 2 atom stereocenters. The summed E-state index contributed by atoms with van der Waals surface area (Å²) in [5, 5.41) is 0. The number of carbonyl (C=O) groups excluding carboxylic acids is 1. The minimum atomic E-state index is -0.131. The molecule has 70 valence electrons. The molecule has 0 radical (unpaired) electrons. The summed E-state index contributed by atoms with van der Waals surface area (Å²) in [6.07, 6.45) is 2.08. The monoisotopic (exact) mass is 169 g/mol. The first-order valence-corrected chi connectivity index (χ1v) is 4.68. The SMILES string of the molecule is CC(C)N1CC1CC(C)(C)C=O. The minimum absolute atomic E-state index is 0.131. The highest BCUT2D eigenvalue weighted by molar-refractivity contribution is 5.58. The van der Waals surface area contributed by atoms with Gasteiger partial charge >= 0.3 is 0 Å². The molecule has 1 rings (SSSR count). The van der Waals surface area contributed by atoms with Gasteiger partial charge in [-0.3, -0.25) is 4.90 Å². The molecule has 0 N–H and O–H groups in total. The van der Waals surface area contributed by atoms with Crippen LogP contribution < -0.4 is 0 Å². The summed E-state index contributed by atoms with van der Waals surface area (Å²) in [5.74, 6) is 0. The molecule has 0 aromatic rings. The normalized spacial score (nSPS) is 29.1. The van der Waals surface area contributed by atoms with E-state index >= 15 is 0 Å². The van der Waals surface area contributed by atoms with Crippen molar-refractivity contribution in [3.8, 4) is 0 Å². The van der Waals surface area contributed by atoms with Gasteiger partial charge in [0.1, 0.15) is 6.29 Å². The second-order valence-electron chi connectivity index (χ2n) is 4.75. The molecule has 0 aliphatic carbocycles. The number of rotatable bonds is 4. The fourth-order valence-corrected chi connectivity index (χ4v) is 1.67. The van der Waals surface area contributed by atoms with E-state index in [4.69, 9.17) is 0 Å². The molecule has 1 aliphatic heterocycles. The van der Waals surface area contributed by atoms with Crippen molar-refractivity contribution in [3.05, 3.63) is 0 Å². The van der Waals surface area contributed by atoms with Crippen LogP contribution in [0.1, 0.15) is 34.1 Å². The van der Waals surface area contributed by atoms with Crippen LogP contribution in [0.25, 0.3) is 0 Å². The summed E-state index contributed by atoms with van der Waals surface area (Å²) in [6, 6.07) is 1.29. The van der Waals surface area contributed by atoms with Crippen LogP contribution in [0.3, 0.4) is 0 Å². The fourth-order valence-electron chi connectivity index (χ4n) is 1.67. The van der Waals surface area contributed by atoms with Crippen molar-refractivity contribution in [1.29, 1.82) is 0 Å². The van der Waals surface area contributed by atoms with Crippen molar-refractivity contribution >= 4 is 6.29 Å². The van der Waals surface area contributed by atoms with Crippen molar-refractivity contribution in [2.75, 3.05) is 6.54 Å². The Balaban J connectivity index is 2.32. The second-order valence-corrected chi connectivity index (χ2v) is 4.75. The predicted octanol–water partition coefficient (Wildman–Crippen LogP) is 1.69. The van der Waals surface area contributed by atoms with Gasteiger partial charge in [0.2, 0.25) is 0 Å². The summed E-state index contributed by atoms with van der Waals surface area (Å²) < 4.78 is 0. The van der Waals surface area contributed by atoms with Crippen LogP contribution in [-0.2, 0) is 4.79 Å². The van der Waals surface area contributed by atoms with E-state index < -0.39 is 0 Å². The number of hydrogen-bond donors (Lipinski definition) is 0. The predicted molar refractivity (Wildman–Crippen MR) is 50.1 cm³/mol. The smallest absolute Gasteiger partial charge is 0.125 e. The van der Waals surface area contributed by atoms with Gasteiger partial charge in [-0.25, -0.2) is 0 Å². The molecule has 0 saturated carbocycles. The average Bonchev–Trinajstić information content (AvgIpc) is 2.67. The van der Waals surface area contributed by atoms with Gasteiger partial charge in [-0.2, -0.15) is 0 Å². The molecule has 2 nitrogen and oxygen atoms in total. The standard InChI is InChI=1S/C10H19NO/c1-8(2)11-6-9(11)5-10(3,4)7-12/h7-9H,5-6H2,1-4H3. The largest absolute Gasteiger partial charge is 0.303 e. The molecule has 1 heterocycles. The zero-order valence-corrected chi connectivity index (χ0v) is 8.50. The van der Waals surface area contributed by atoms with Crippen molar-refractivity contribution in [2.45, 2.75) is 46.2 Å². The molecule has 0 amide bonds. The van der Waals surface area contributed by atoms with E-state index in [2.05, 4.69) is 18.7 Å². The summed E-state index contributed by atoms with van der Waals surface area (Å²) in [6.45, 7) is 9.60. The molecule has 1 aliphatic rings. The lowest BCUT2D eigenvalue weighted by Gasteiger charge is -2.17. The van der Waals surface area contributed by atoms with Gasteiger partial charge in [-0.1, -0.05) is 13.8 Å². The van der Waals surface area contributed by atoms with E-state index in [1.54, 1.807) is 0 Å². The maximum atomic E-state index is 10.6. The molecule has 0 aromatic heterocycles. The van der Waals surface area contributed by atoms with Gasteiger partial charge < -0.3 is 4.79 Å². The maximum Gasteiger partial charge on any atom is 0.125 e. The molecule has 0 spiro atoms. The highest BCUT2D eigenvalue weighted by Gasteiger charge is 2.39. The van der Waals surface area contributed by atoms with Crippen molar-refractivity contribution in [1.82, 2.24) is 4.90 Å². The Hall–Kier alpha value is -0.370. The summed E-state index contributed by atoms with van der Waals surface area (Å²) >= 11 is 0. The van der Waals surface area contributed by atoms with Gasteiger partial charge in [0.25, 0.3) is 0 Å². The Morgan fingerprint density at radius 2 is 2.17 bits per heavy atom. The zero-order chi connectivity index (χ0) is 9.35. The highest BCUT2D eigenvalue weighted by Crippen LogP contribution is 2.31. The van der Waals surface area contributed by atoms with Crippen LogP contribution in [0.5, 0.6) is 0 Å². The third-order valence-corrected chi connectivity index (χ3v) is 2.50. The Bertz CT molecular complexity index is 175. The first-order valence-electron chi connectivity index (χ1n) is 4.68. The number of aldehydes is 1. The van der Waals surface area contributed by atoms with Crippen molar-refractivity contribution < 1.29 is 4.79 Å². The van der Waals surface area contributed by atoms with E-state index in [1.807, 2.05) is 13.8 Å². The van der Waals surface area contributed by atoms with Gasteiger partial charge in [-0.05, 0) is 20.3 Å². The third-order valence-electron chi connectivity index (χ3n) is 2.50. The quantitative estimate of drug-likeness (QED) is 0.471. The van der Waals surface area contributed by atoms with Crippen LogP contribution in [0.2, 0.25) is 0 Å². The fraction of sp³-hybridized carbons (Fsp3) is 0.900. The lowest BCUT2D eigenvalue weighted by atomic mass is 9.90. The lowest BCUT2D eigenvalue weighted by molar-refractivity contribution is -0.115. The van der Waals surface area contributed by atoms with Crippen LogP contribution in [0, 0.1) is 5.41 Å². The van der Waals surface area contributed by atoms with Crippen molar-refractivity contribution in [3.63, 3.8) is 0 Å². The first-order chi connectivity index (χ1) is 5.46. The van der Waals surface area contributed by atoms with Crippen molar-refractivity contribution in [2.24, 2.45) is 5.41 Å². The van der Waals surface area contributed by atoms with Gasteiger partial charge in [0.15, 0.2) is 0 Å². The van der Waals surface area contributed by atoms with Crippen LogP contribution >= 0.6 is 0 Å². The summed E-state index contributed by atoms with van der Waals surface area (Å²) in [7, 11) is 0. The van der Waals surface area contributed by atoms with E-state index in [0.29, 0.717) is 12.1 Å². The Kier molecular flexibility index (Phi) is 2.57. The molecule has 1 fully saturated rings. The van der Waals surface area contributed by atoms with Crippen LogP contribution in [0.4, 0.5) is 0 Å². The number of nitrogens with zero attached hydrogens (tertiary/aromatic N) is 1. The molecule has 1 saturated heterocycles. The van der Waals surface area contributed by atoms with E-state index in [1.165, 1.54) is 6.54 Å².